The van der Waals surface area contributed by atoms with Crippen LogP contribution in [0.15, 0.2) is 42.7 Å². The lowest BCUT2D eigenvalue weighted by Crippen LogP contribution is -2.10. The number of anilines is 1. The summed E-state index contributed by atoms with van der Waals surface area (Å²) in [5.74, 6) is 1.59. The zero-order valence-electron chi connectivity index (χ0n) is 12.6. The number of hydrogen-bond acceptors (Lipinski definition) is 3. The molecule has 0 saturated carbocycles. The summed E-state index contributed by atoms with van der Waals surface area (Å²) in [5, 5.41) is 3.23. The van der Waals surface area contributed by atoms with Crippen LogP contribution >= 0.6 is 0 Å². The van der Waals surface area contributed by atoms with Gasteiger partial charge in [0.25, 0.3) is 0 Å². The number of pyridine rings is 1. The van der Waals surface area contributed by atoms with Gasteiger partial charge in [-0.05, 0) is 30.0 Å². The van der Waals surface area contributed by atoms with Crippen LogP contribution in [0.2, 0.25) is 0 Å². The molecule has 0 saturated heterocycles. The van der Waals surface area contributed by atoms with Crippen LogP contribution in [0, 0.1) is 0 Å². The smallest absolute Gasteiger partial charge is 0.147 e. The lowest BCUT2D eigenvalue weighted by atomic mass is 9.87. The third-order valence-corrected chi connectivity index (χ3v) is 3.03. The number of benzene rings is 1. The van der Waals surface area contributed by atoms with Crippen molar-refractivity contribution < 1.29 is 4.74 Å². The minimum Gasteiger partial charge on any atom is -0.456 e. The predicted molar refractivity (Wildman–Crippen MR) is 83.6 cm³/mol. The number of aromatic nitrogens is 1. The highest BCUT2D eigenvalue weighted by atomic mass is 16.5. The molecule has 0 spiro atoms. The number of ether oxygens (including phenoxy) is 1. The van der Waals surface area contributed by atoms with E-state index in [1.807, 2.05) is 18.2 Å². The summed E-state index contributed by atoms with van der Waals surface area (Å²) in [5.41, 5.74) is 2.34. The second-order valence-electron chi connectivity index (χ2n) is 5.82. The molecule has 0 amide bonds. The van der Waals surface area contributed by atoms with Crippen molar-refractivity contribution >= 4 is 5.69 Å². The molecule has 0 radical (unpaired) electrons. The fraction of sp³-hybridized carbons (Fsp3) is 0.353. The first-order chi connectivity index (χ1) is 9.49. The summed E-state index contributed by atoms with van der Waals surface area (Å²) >= 11 is 0. The van der Waals surface area contributed by atoms with Crippen molar-refractivity contribution in [2.24, 2.45) is 0 Å². The van der Waals surface area contributed by atoms with E-state index in [4.69, 9.17) is 4.74 Å². The molecule has 0 bridgehead atoms. The van der Waals surface area contributed by atoms with Gasteiger partial charge in [0.2, 0.25) is 0 Å². The van der Waals surface area contributed by atoms with E-state index in [-0.39, 0.29) is 5.41 Å². The predicted octanol–water partition coefficient (Wildman–Crippen LogP) is 4.60. The monoisotopic (exact) mass is 270 g/mol. The lowest BCUT2D eigenvalue weighted by Gasteiger charge is -2.19. The van der Waals surface area contributed by atoms with Crippen molar-refractivity contribution in [1.82, 2.24) is 4.98 Å². The summed E-state index contributed by atoms with van der Waals surface area (Å²) < 4.78 is 5.90. The Balaban J connectivity index is 2.19. The molecule has 2 aromatic rings. The van der Waals surface area contributed by atoms with Crippen LogP contribution in [-0.2, 0) is 5.41 Å². The van der Waals surface area contributed by atoms with Gasteiger partial charge in [-0.2, -0.15) is 0 Å². The van der Waals surface area contributed by atoms with Crippen molar-refractivity contribution in [2.45, 2.75) is 33.1 Å². The number of rotatable bonds is 4. The van der Waals surface area contributed by atoms with Crippen LogP contribution in [-0.4, -0.2) is 11.5 Å². The maximum absolute atomic E-state index is 5.90. The highest BCUT2D eigenvalue weighted by Gasteiger charge is 2.14. The first kappa shape index (κ1) is 14.4. The molecule has 2 rings (SSSR count). The van der Waals surface area contributed by atoms with Gasteiger partial charge in [-0.25, -0.2) is 0 Å². The van der Waals surface area contributed by atoms with Gasteiger partial charge >= 0.3 is 0 Å². The maximum Gasteiger partial charge on any atom is 0.147 e. The van der Waals surface area contributed by atoms with E-state index in [0.29, 0.717) is 0 Å². The molecular weight excluding hydrogens is 248 g/mol. The van der Waals surface area contributed by atoms with E-state index in [2.05, 4.69) is 50.1 Å². The van der Waals surface area contributed by atoms with Gasteiger partial charge in [-0.15, -0.1) is 0 Å². The summed E-state index contributed by atoms with van der Waals surface area (Å²) in [7, 11) is 0. The van der Waals surface area contributed by atoms with Gasteiger partial charge in [0.05, 0.1) is 18.1 Å². The Morgan fingerprint density at radius 2 is 1.90 bits per heavy atom. The largest absolute Gasteiger partial charge is 0.456 e. The van der Waals surface area contributed by atoms with E-state index < -0.39 is 0 Å². The molecule has 106 valence electrons. The van der Waals surface area contributed by atoms with Gasteiger partial charge in [0.1, 0.15) is 11.5 Å². The van der Waals surface area contributed by atoms with Crippen molar-refractivity contribution in [3.05, 3.63) is 48.3 Å². The average Bonchev–Trinajstić information content (AvgIpc) is 2.39. The van der Waals surface area contributed by atoms with Crippen LogP contribution < -0.4 is 10.1 Å². The van der Waals surface area contributed by atoms with Crippen LogP contribution in [0.3, 0.4) is 0 Å². The molecule has 0 fully saturated rings. The highest BCUT2D eigenvalue weighted by molar-refractivity contribution is 5.46. The average molecular weight is 270 g/mol. The Kier molecular flexibility index (Phi) is 4.28. The van der Waals surface area contributed by atoms with Crippen LogP contribution in [0.25, 0.3) is 0 Å². The molecule has 1 heterocycles. The molecule has 3 nitrogen and oxygen atoms in total. The quantitative estimate of drug-likeness (QED) is 0.881. The summed E-state index contributed by atoms with van der Waals surface area (Å²) in [4.78, 5) is 4.18. The second-order valence-corrected chi connectivity index (χ2v) is 5.82. The second kappa shape index (κ2) is 5.95. The van der Waals surface area contributed by atoms with Crippen LogP contribution in [0.1, 0.15) is 33.3 Å². The Hall–Kier alpha value is -2.03. The molecule has 1 aromatic heterocycles. The molecule has 1 N–H and O–H groups in total. The molecule has 0 aliphatic heterocycles. The third-order valence-electron chi connectivity index (χ3n) is 3.03. The Bertz CT molecular complexity index is 573. The first-order valence-corrected chi connectivity index (χ1v) is 6.96. The molecule has 1 aromatic carbocycles. The van der Waals surface area contributed by atoms with Gasteiger partial charge in [-0.3, -0.25) is 4.98 Å². The molecule has 3 heteroatoms. The Morgan fingerprint density at radius 1 is 1.10 bits per heavy atom. The zero-order chi connectivity index (χ0) is 14.6. The van der Waals surface area contributed by atoms with Crippen LogP contribution in [0.5, 0.6) is 11.5 Å². The van der Waals surface area contributed by atoms with E-state index in [1.165, 1.54) is 5.56 Å². The number of nitrogens with zero attached hydrogens (tertiary/aromatic N) is 1. The molecule has 0 atom stereocenters. The van der Waals surface area contributed by atoms with Gasteiger partial charge in [0.15, 0.2) is 0 Å². The van der Waals surface area contributed by atoms with Crippen molar-refractivity contribution in [1.29, 1.82) is 0 Å². The van der Waals surface area contributed by atoms with Crippen molar-refractivity contribution in [3.8, 4) is 11.5 Å². The molecule has 0 unspecified atom stereocenters. The van der Waals surface area contributed by atoms with E-state index in [9.17, 15) is 0 Å². The number of nitrogens with one attached hydrogen (secondary N) is 1. The fourth-order valence-electron chi connectivity index (χ4n) is 1.94. The lowest BCUT2D eigenvalue weighted by molar-refractivity contribution is 0.476. The normalized spacial score (nSPS) is 11.2. The van der Waals surface area contributed by atoms with Gasteiger partial charge in [-0.1, -0.05) is 32.9 Å². The summed E-state index contributed by atoms with van der Waals surface area (Å²) in [6.45, 7) is 9.50. The van der Waals surface area contributed by atoms with Crippen LogP contribution in [0.4, 0.5) is 5.69 Å². The van der Waals surface area contributed by atoms with Gasteiger partial charge < -0.3 is 10.1 Å². The standard InChI is InChI=1S/C17H22N2O/c1-5-19-14-10-16(12-18-11-14)20-15-8-6-7-13(9-15)17(2,3)4/h6-12,19H,5H2,1-4H3. The van der Waals surface area contributed by atoms with Crippen molar-refractivity contribution in [3.63, 3.8) is 0 Å². The van der Waals surface area contributed by atoms with Crippen molar-refractivity contribution in [2.75, 3.05) is 11.9 Å². The minimum absolute atomic E-state index is 0.114. The molecule has 20 heavy (non-hydrogen) atoms. The highest BCUT2D eigenvalue weighted by Crippen LogP contribution is 2.28. The van der Waals surface area contributed by atoms with E-state index in [1.54, 1.807) is 12.4 Å². The number of hydrogen-bond donors (Lipinski definition) is 1. The molecule has 0 aliphatic carbocycles. The van der Waals surface area contributed by atoms with E-state index >= 15 is 0 Å². The Morgan fingerprint density at radius 3 is 2.60 bits per heavy atom. The van der Waals surface area contributed by atoms with E-state index in [0.717, 1.165) is 23.7 Å². The molecular formula is C17H22N2O. The third kappa shape index (κ3) is 3.73. The molecule has 0 aliphatic rings. The summed E-state index contributed by atoms with van der Waals surface area (Å²) in [6.07, 6.45) is 3.52. The maximum atomic E-state index is 5.90. The SMILES string of the molecule is CCNc1cncc(Oc2cccc(C(C)(C)C)c2)c1. The minimum atomic E-state index is 0.114. The Labute approximate surface area is 121 Å². The fourth-order valence-corrected chi connectivity index (χ4v) is 1.94. The van der Waals surface area contributed by atoms with Gasteiger partial charge in [0, 0.05) is 12.6 Å². The zero-order valence-corrected chi connectivity index (χ0v) is 12.6. The topological polar surface area (TPSA) is 34.2 Å². The summed E-state index contributed by atoms with van der Waals surface area (Å²) in [6, 6.07) is 10.2. The first-order valence-electron chi connectivity index (χ1n) is 6.96.